The van der Waals surface area contributed by atoms with E-state index in [0.29, 0.717) is 0 Å². The van der Waals surface area contributed by atoms with Gasteiger partial charge in [0.25, 0.3) is 0 Å². The summed E-state index contributed by atoms with van der Waals surface area (Å²) < 4.78 is 0. The fraction of sp³-hybridized carbons (Fsp3) is 0. The first-order chi connectivity index (χ1) is 1.00. The van der Waals surface area contributed by atoms with E-state index in [0.717, 1.165) is 0 Å². The van der Waals surface area contributed by atoms with Crippen molar-refractivity contribution < 1.29 is 21.1 Å². The van der Waals surface area contributed by atoms with Crippen LogP contribution < -0.4 is 0 Å². The molecule has 0 aliphatic heterocycles. The molecule has 0 radical (unpaired) electrons. The molecule has 0 saturated carbocycles. The van der Waals surface area contributed by atoms with Crippen LogP contribution in [0.25, 0.3) is 0 Å². The molecule has 0 saturated heterocycles. The molecule has 0 aromatic heterocycles. The van der Waals surface area contributed by atoms with Crippen molar-refractivity contribution in [1.82, 2.24) is 0 Å². The summed E-state index contributed by atoms with van der Waals surface area (Å²) in [6.07, 6.45) is 0. The normalized spacial score (nSPS) is 1.50. The molecule has 0 atom stereocenters. The minimum atomic E-state index is 0. The van der Waals surface area contributed by atoms with Crippen LogP contribution in [0.2, 0.25) is 0 Å². The van der Waals surface area contributed by atoms with Gasteiger partial charge in [-0.2, -0.15) is 0 Å². The van der Waals surface area contributed by atoms with E-state index >= 15 is 0 Å². The molecule has 0 bridgehead atoms. The number of hydrogen-bond donors (Lipinski definition) is 2. The van der Waals surface area contributed by atoms with Crippen LogP contribution in [0.4, 0.5) is 0 Å². The van der Waals surface area contributed by atoms with Gasteiger partial charge < -0.3 is 0 Å². The molecule has 26 valence electrons. The Bertz CT molecular complexity index is 6.00. The zero-order valence-corrected chi connectivity index (χ0v) is 6.02. The molecule has 0 fully saturated rings. The Morgan fingerprint density at radius 2 is 1.00 bits per heavy atom. The van der Waals surface area contributed by atoms with E-state index in [1.54, 1.807) is 0 Å². The minimum absolute atomic E-state index is 0. The van der Waals surface area contributed by atoms with Crippen LogP contribution in [-0.4, -0.2) is 17.4 Å². The maximum absolute atomic E-state index is 3.22. The maximum Gasteiger partial charge on any atom is 0.187 e. The van der Waals surface area contributed by atoms with Gasteiger partial charge in [0, 0.05) is 21.1 Å². The predicted octanol–water partition coefficient (Wildman–Crippen LogP) is -0.425. The smallest absolute Gasteiger partial charge is 0.115 e. The Hall–Kier alpha value is 1.92. The predicted molar refractivity (Wildman–Crippen MR) is 27.9 cm³/mol. The molecule has 4 heteroatoms. The van der Waals surface area contributed by atoms with Crippen molar-refractivity contribution in [2.24, 2.45) is 0 Å². The molecule has 0 aliphatic carbocycles. The van der Waals surface area contributed by atoms with E-state index in [1.165, 1.54) is 0 Å². The summed E-state index contributed by atoms with van der Waals surface area (Å²) in [6.45, 7) is 0. The second kappa shape index (κ2) is 20.5. The molecule has 0 amide bonds. The van der Waals surface area contributed by atoms with E-state index in [4.69, 9.17) is 0 Å². The van der Waals surface area contributed by atoms with Gasteiger partial charge in [-0.05, 0) is 0 Å². The molecule has 0 aromatic carbocycles. The molecule has 0 nitrogen and oxygen atoms in total. The molecule has 4 heavy (non-hydrogen) atoms. The Labute approximate surface area is 61.3 Å². The van der Waals surface area contributed by atoms with E-state index in [9.17, 15) is 0 Å². The van der Waals surface area contributed by atoms with Crippen LogP contribution in [0.3, 0.4) is 0 Å². The Kier molecular flexibility index (Phi) is 86.1. The topological polar surface area (TPSA) is 0 Å². The van der Waals surface area contributed by atoms with E-state index < -0.39 is 0 Å². The molecular weight excluding hydrogens is 275 g/mol. The number of hydrogen-bond acceptors (Lipinski definition) is 2. The van der Waals surface area contributed by atoms with Gasteiger partial charge in [-0.25, -0.2) is 0 Å². The standard InChI is InChI=1S/Al.H2S2.W.3H/c;1-2;;;;/h;1-2H;;;;. The molecule has 0 aliphatic rings. The molecule has 0 heterocycles. The molecule has 0 spiro atoms. The molecule has 0 aromatic rings. The van der Waals surface area contributed by atoms with Gasteiger partial charge in [-0.15, -0.1) is 23.3 Å². The Morgan fingerprint density at radius 3 is 1.00 bits per heavy atom. The van der Waals surface area contributed by atoms with Gasteiger partial charge in [0.05, 0.1) is 0 Å². The number of thiol groups is 2. The average molecular weight is 280 g/mol. The first kappa shape index (κ1) is 16.8. The van der Waals surface area contributed by atoms with Gasteiger partial charge in [-0.3, -0.25) is 0 Å². The van der Waals surface area contributed by atoms with Crippen LogP contribution >= 0.6 is 23.3 Å². The van der Waals surface area contributed by atoms with Gasteiger partial charge >= 0.3 is 0 Å². The largest absolute Gasteiger partial charge is 0.187 e. The van der Waals surface area contributed by atoms with Gasteiger partial charge in [0.2, 0.25) is 0 Å². The zero-order chi connectivity index (χ0) is 2.00. The van der Waals surface area contributed by atoms with Crippen LogP contribution in [0.5, 0.6) is 0 Å². The second-order valence-electron chi connectivity index (χ2n) is 0. The van der Waals surface area contributed by atoms with Crippen molar-refractivity contribution >= 4 is 40.7 Å². The summed E-state index contributed by atoms with van der Waals surface area (Å²) in [7, 11) is 0. The SMILES string of the molecule is SS.[AlH3].[W]. The third kappa shape index (κ3) is 9.07. The van der Waals surface area contributed by atoms with Crippen molar-refractivity contribution in [3.63, 3.8) is 0 Å². The van der Waals surface area contributed by atoms with Crippen LogP contribution in [0.1, 0.15) is 0 Å². The third-order valence-corrected chi connectivity index (χ3v) is 0. The quantitative estimate of drug-likeness (QED) is 0.336. The fourth-order valence-corrected chi connectivity index (χ4v) is 0. The maximum atomic E-state index is 3.22. The third-order valence-electron chi connectivity index (χ3n) is 0. The summed E-state index contributed by atoms with van der Waals surface area (Å²) in [5.74, 6) is 0. The van der Waals surface area contributed by atoms with E-state index in [1.807, 2.05) is 0 Å². The summed E-state index contributed by atoms with van der Waals surface area (Å²) >= 11 is 6.44. The average Bonchev–Trinajstić information content (AvgIpc) is 1.00. The zero-order valence-electron chi connectivity index (χ0n) is 1.30. The van der Waals surface area contributed by atoms with E-state index in [2.05, 4.69) is 23.3 Å². The van der Waals surface area contributed by atoms with Crippen LogP contribution in [0, 0.1) is 0 Å². The first-order valence-electron chi connectivity index (χ1n) is 0.200. The van der Waals surface area contributed by atoms with Gasteiger partial charge in [-0.1, -0.05) is 0 Å². The van der Waals surface area contributed by atoms with Crippen molar-refractivity contribution in [1.29, 1.82) is 0 Å². The molecule has 0 N–H and O–H groups in total. The molecule has 0 rings (SSSR count). The Balaban J connectivity index is -0.00000000500. The van der Waals surface area contributed by atoms with Crippen LogP contribution in [-0.2, 0) is 21.1 Å². The van der Waals surface area contributed by atoms with Crippen LogP contribution in [0.15, 0.2) is 0 Å². The summed E-state index contributed by atoms with van der Waals surface area (Å²) in [5, 5.41) is 0. The van der Waals surface area contributed by atoms with Gasteiger partial charge in [0.1, 0.15) is 0 Å². The van der Waals surface area contributed by atoms with Crippen molar-refractivity contribution in [3.8, 4) is 0 Å². The second-order valence-corrected chi connectivity index (χ2v) is 0. The summed E-state index contributed by atoms with van der Waals surface area (Å²) in [4.78, 5) is 0. The van der Waals surface area contributed by atoms with E-state index in [-0.39, 0.29) is 38.4 Å². The molecule has 0 unspecified atom stereocenters. The Morgan fingerprint density at radius 1 is 1.00 bits per heavy atom. The number of rotatable bonds is 0. The summed E-state index contributed by atoms with van der Waals surface area (Å²) in [6, 6.07) is 0. The molecular formula is H5AlS2W. The minimum Gasteiger partial charge on any atom is -0.115 e. The fourth-order valence-electron chi connectivity index (χ4n) is 0. The van der Waals surface area contributed by atoms with Crippen molar-refractivity contribution in [2.75, 3.05) is 0 Å². The summed E-state index contributed by atoms with van der Waals surface area (Å²) in [5.41, 5.74) is 0. The first-order valence-corrected chi connectivity index (χ1v) is 1.80. The van der Waals surface area contributed by atoms with Gasteiger partial charge in [0.15, 0.2) is 17.4 Å². The van der Waals surface area contributed by atoms with Crippen molar-refractivity contribution in [2.45, 2.75) is 0 Å². The van der Waals surface area contributed by atoms with Crippen molar-refractivity contribution in [3.05, 3.63) is 0 Å². The monoisotopic (exact) mass is 280 g/mol.